The number of unbranched alkanes of at least 4 members (excludes halogenated alkanes) is 25. The number of carbonyl (C=O) groups is 1. The highest BCUT2D eigenvalue weighted by molar-refractivity contribution is 7.45. The minimum atomic E-state index is -4.55. The van der Waals surface area contributed by atoms with E-state index in [2.05, 4.69) is 19.2 Å². The molecule has 3 atom stereocenters. The van der Waals surface area contributed by atoms with Gasteiger partial charge in [0, 0.05) is 6.42 Å². The molecule has 0 aromatic heterocycles. The number of rotatable bonds is 38. The molecule has 0 saturated carbocycles. The van der Waals surface area contributed by atoms with Crippen molar-refractivity contribution in [3.05, 3.63) is 0 Å². The third-order valence-corrected chi connectivity index (χ3v) is 10.6. The number of likely N-dealkylation sites (N-methyl/N-ethyl adjacent to an activating group) is 1. The number of aliphatic hydroxyl groups is 1. The van der Waals surface area contributed by atoms with Gasteiger partial charge in [0.1, 0.15) is 13.2 Å². The molecule has 0 aliphatic rings. The third-order valence-electron chi connectivity index (χ3n) is 9.60. The number of carbonyl (C=O) groups excluding carboxylic acids is 1. The van der Waals surface area contributed by atoms with E-state index in [4.69, 9.17) is 9.05 Å². The van der Waals surface area contributed by atoms with Gasteiger partial charge < -0.3 is 28.8 Å². The number of amides is 1. The van der Waals surface area contributed by atoms with Crippen molar-refractivity contribution in [3.63, 3.8) is 0 Å². The fraction of sp³-hybridized carbons (Fsp3) is 0.975. The second-order valence-corrected chi connectivity index (χ2v) is 17.1. The van der Waals surface area contributed by atoms with Gasteiger partial charge in [-0.25, -0.2) is 0 Å². The standard InChI is InChI=1S/C40H83N2O6P/c1-6-8-10-12-14-16-17-18-19-20-21-22-23-24-25-26-27-29-31-33-39(43)38(37-48-49(45,46)47-36-35-42(3,4)5)41-40(44)34-32-30-28-15-13-11-9-7-2/h38-39,43H,6-37H2,1-5H3,(H-,41,44,45,46). The van der Waals surface area contributed by atoms with E-state index >= 15 is 0 Å². The molecule has 0 saturated heterocycles. The molecule has 9 heteroatoms. The summed E-state index contributed by atoms with van der Waals surface area (Å²) in [5.41, 5.74) is 0. The Morgan fingerprint density at radius 2 is 1.00 bits per heavy atom. The quantitative estimate of drug-likeness (QED) is 0.0374. The molecule has 0 aliphatic carbocycles. The van der Waals surface area contributed by atoms with Crippen molar-refractivity contribution < 1.29 is 32.9 Å². The van der Waals surface area contributed by atoms with Gasteiger partial charge in [0.2, 0.25) is 5.91 Å². The second kappa shape index (κ2) is 33.3. The molecular weight excluding hydrogens is 635 g/mol. The number of quaternary nitrogens is 1. The highest BCUT2D eigenvalue weighted by atomic mass is 31.2. The Hall–Kier alpha value is -0.500. The fourth-order valence-corrected chi connectivity index (χ4v) is 6.94. The Kier molecular flexibility index (Phi) is 33.0. The summed E-state index contributed by atoms with van der Waals surface area (Å²) in [6, 6.07) is -0.790. The molecular formula is C40H83N2O6P. The summed E-state index contributed by atoms with van der Waals surface area (Å²) >= 11 is 0. The van der Waals surface area contributed by atoms with Crippen molar-refractivity contribution in [1.29, 1.82) is 0 Å². The third kappa shape index (κ3) is 35.7. The first-order chi connectivity index (χ1) is 23.5. The summed E-state index contributed by atoms with van der Waals surface area (Å²) in [5.74, 6) is -0.168. The van der Waals surface area contributed by atoms with E-state index in [1.165, 1.54) is 135 Å². The largest absolute Gasteiger partial charge is 0.756 e. The van der Waals surface area contributed by atoms with Gasteiger partial charge in [0.15, 0.2) is 0 Å². The number of hydrogen-bond donors (Lipinski definition) is 2. The molecule has 0 aromatic carbocycles. The fourth-order valence-electron chi connectivity index (χ4n) is 6.22. The molecule has 2 N–H and O–H groups in total. The summed E-state index contributed by atoms with van der Waals surface area (Å²) in [5, 5.41) is 13.8. The van der Waals surface area contributed by atoms with Crippen LogP contribution in [0, 0.1) is 0 Å². The van der Waals surface area contributed by atoms with Crippen molar-refractivity contribution >= 4 is 13.7 Å². The maximum atomic E-state index is 12.7. The number of phosphoric ester groups is 1. The zero-order valence-corrected chi connectivity index (χ0v) is 34.1. The van der Waals surface area contributed by atoms with Crippen LogP contribution in [0.4, 0.5) is 0 Å². The molecule has 0 aromatic rings. The Balaban J connectivity index is 4.26. The first-order valence-electron chi connectivity index (χ1n) is 20.9. The van der Waals surface area contributed by atoms with Gasteiger partial charge in [-0.1, -0.05) is 181 Å². The summed E-state index contributed by atoms with van der Waals surface area (Å²) in [4.78, 5) is 25.1. The minimum absolute atomic E-state index is 0.0155. The van der Waals surface area contributed by atoms with Gasteiger partial charge in [-0.05, 0) is 12.8 Å². The van der Waals surface area contributed by atoms with Gasteiger partial charge in [-0.15, -0.1) is 0 Å². The van der Waals surface area contributed by atoms with Crippen LogP contribution in [0.2, 0.25) is 0 Å². The van der Waals surface area contributed by atoms with Crippen LogP contribution >= 0.6 is 7.82 Å². The van der Waals surface area contributed by atoms with E-state index in [0.717, 1.165) is 38.5 Å². The van der Waals surface area contributed by atoms with E-state index in [1.807, 2.05) is 21.1 Å². The molecule has 0 spiro atoms. The lowest BCUT2D eigenvalue weighted by molar-refractivity contribution is -0.870. The topological polar surface area (TPSA) is 108 Å². The SMILES string of the molecule is CCCCCCCCCCCCCCCCCCCCCC(O)C(COP(=O)([O-])OCC[N+](C)(C)C)NC(=O)CCCCCCCCCC. The van der Waals surface area contributed by atoms with Gasteiger partial charge in [-0.3, -0.25) is 9.36 Å². The molecule has 8 nitrogen and oxygen atoms in total. The molecule has 0 radical (unpaired) electrons. The molecule has 1 amide bonds. The normalized spacial score (nSPS) is 14.5. The molecule has 0 heterocycles. The molecule has 0 rings (SSSR count). The smallest absolute Gasteiger partial charge is 0.268 e. The minimum Gasteiger partial charge on any atom is -0.756 e. The van der Waals surface area contributed by atoms with Crippen LogP contribution in [-0.4, -0.2) is 68.5 Å². The van der Waals surface area contributed by atoms with Gasteiger partial charge in [0.25, 0.3) is 7.82 Å². The van der Waals surface area contributed by atoms with Gasteiger partial charge in [0.05, 0.1) is 39.9 Å². The van der Waals surface area contributed by atoms with Crippen LogP contribution in [0.1, 0.15) is 200 Å². The maximum absolute atomic E-state index is 12.7. The van der Waals surface area contributed by atoms with Crippen LogP contribution in [0.15, 0.2) is 0 Å². The molecule has 0 aliphatic heterocycles. The Bertz CT molecular complexity index is 778. The summed E-state index contributed by atoms with van der Waals surface area (Å²) in [7, 11) is 1.31. The highest BCUT2D eigenvalue weighted by Crippen LogP contribution is 2.38. The first-order valence-corrected chi connectivity index (χ1v) is 22.3. The van der Waals surface area contributed by atoms with E-state index < -0.39 is 20.0 Å². The molecule has 0 fully saturated rings. The molecule has 294 valence electrons. The average Bonchev–Trinajstić information content (AvgIpc) is 3.04. The van der Waals surface area contributed by atoms with Crippen molar-refractivity contribution in [3.8, 4) is 0 Å². The predicted molar refractivity (Wildman–Crippen MR) is 206 cm³/mol. The summed E-state index contributed by atoms with van der Waals surface area (Å²) in [6.45, 7) is 4.69. The Morgan fingerprint density at radius 3 is 1.39 bits per heavy atom. The zero-order valence-electron chi connectivity index (χ0n) is 33.2. The predicted octanol–water partition coefficient (Wildman–Crippen LogP) is 10.4. The monoisotopic (exact) mass is 719 g/mol. The van der Waals surface area contributed by atoms with E-state index in [0.29, 0.717) is 23.9 Å². The van der Waals surface area contributed by atoms with Gasteiger partial charge >= 0.3 is 0 Å². The highest BCUT2D eigenvalue weighted by Gasteiger charge is 2.24. The van der Waals surface area contributed by atoms with Crippen LogP contribution in [0.5, 0.6) is 0 Å². The molecule has 49 heavy (non-hydrogen) atoms. The van der Waals surface area contributed by atoms with Crippen molar-refractivity contribution in [2.45, 2.75) is 212 Å². The Morgan fingerprint density at radius 1 is 0.633 bits per heavy atom. The maximum Gasteiger partial charge on any atom is 0.268 e. The van der Waals surface area contributed by atoms with E-state index in [-0.39, 0.29) is 19.1 Å². The van der Waals surface area contributed by atoms with E-state index in [9.17, 15) is 19.4 Å². The summed E-state index contributed by atoms with van der Waals surface area (Å²) in [6.07, 6.45) is 34.0. The van der Waals surface area contributed by atoms with E-state index in [1.54, 1.807) is 0 Å². The van der Waals surface area contributed by atoms with Crippen LogP contribution in [0.25, 0.3) is 0 Å². The average molecular weight is 719 g/mol. The first kappa shape index (κ1) is 48.5. The summed E-state index contributed by atoms with van der Waals surface area (Å²) < 4.78 is 23.2. The Labute approximate surface area is 304 Å². The molecule has 3 unspecified atom stereocenters. The van der Waals surface area contributed by atoms with Gasteiger partial charge in [-0.2, -0.15) is 0 Å². The lowest BCUT2D eigenvalue weighted by atomic mass is 10.0. The second-order valence-electron chi connectivity index (χ2n) is 15.7. The number of aliphatic hydroxyl groups excluding tert-OH is 1. The van der Waals surface area contributed by atoms with Crippen molar-refractivity contribution in [1.82, 2.24) is 5.32 Å². The zero-order chi connectivity index (χ0) is 36.5. The van der Waals surface area contributed by atoms with Crippen LogP contribution < -0.4 is 10.2 Å². The van der Waals surface area contributed by atoms with Crippen LogP contribution in [-0.2, 0) is 18.4 Å². The lowest BCUT2D eigenvalue weighted by Gasteiger charge is -2.30. The number of nitrogens with zero attached hydrogens (tertiary/aromatic N) is 1. The lowest BCUT2D eigenvalue weighted by Crippen LogP contribution is -2.46. The van der Waals surface area contributed by atoms with Crippen molar-refractivity contribution in [2.75, 3.05) is 40.9 Å². The van der Waals surface area contributed by atoms with Crippen LogP contribution in [0.3, 0.4) is 0 Å². The van der Waals surface area contributed by atoms with Crippen molar-refractivity contribution in [2.24, 2.45) is 0 Å². The molecule has 0 bridgehead atoms. The number of phosphoric acid groups is 1. The number of hydrogen-bond acceptors (Lipinski definition) is 6. The number of nitrogens with one attached hydrogen (secondary N) is 1.